The monoisotopic (exact) mass is 195 g/mol. The summed E-state index contributed by atoms with van der Waals surface area (Å²) in [5.74, 6) is 0. The molecule has 0 aliphatic heterocycles. The van der Waals surface area contributed by atoms with Crippen LogP contribution in [-0.2, 0) is 16.1 Å². The van der Waals surface area contributed by atoms with Gasteiger partial charge in [0.15, 0.2) is 0 Å². The maximum Gasteiger partial charge on any atom is 0.0943 e. The molecule has 0 saturated heterocycles. The summed E-state index contributed by atoms with van der Waals surface area (Å²) in [4.78, 5) is 0. The fourth-order valence-corrected chi connectivity index (χ4v) is 1.42. The molecule has 1 rings (SSSR count). The van der Waals surface area contributed by atoms with Crippen LogP contribution in [0.1, 0.15) is 17.2 Å². The lowest BCUT2D eigenvalue weighted by molar-refractivity contribution is 0.110. The second kappa shape index (κ2) is 5.75. The number of methoxy groups -OCH3 is 2. The summed E-state index contributed by atoms with van der Waals surface area (Å²) in [6.07, 6.45) is -0.0215. The maximum atomic E-state index is 5.58. The average molecular weight is 195 g/mol. The standard InChI is InChI=1S/C11H17NO2/c1-13-8-9-4-3-5-10(6-9)11(7-12)14-2/h3-6,11H,7-8,12H2,1-2H3. The van der Waals surface area contributed by atoms with Gasteiger partial charge in [0.25, 0.3) is 0 Å². The van der Waals surface area contributed by atoms with E-state index in [2.05, 4.69) is 6.07 Å². The summed E-state index contributed by atoms with van der Waals surface area (Å²) in [7, 11) is 3.35. The zero-order chi connectivity index (χ0) is 10.4. The first-order valence-electron chi connectivity index (χ1n) is 4.62. The van der Waals surface area contributed by atoms with Crippen LogP contribution >= 0.6 is 0 Å². The molecule has 0 saturated carbocycles. The van der Waals surface area contributed by atoms with Crippen molar-refractivity contribution in [3.05, 3.63) is 35.4 Å². The first-order valence-corrected chi connectivity index (χ1v) is 4.62. The van der Waals surface area contributed by atoms with E-state index in [1.807, 2.05) is 18.2 Å². The molecule has 0 heterocycles. The zero-order valence-electron chi connectivity index (χ0n) is 8.69. The van der Waals surface area contributed by atoms with Gasteiger partial charge in [0, 0.05) is 20.8 Å². The Kier molecular flexibility index (Phi) is 4.59. The molecule has 3 heteroatoms. The van der Waals surface area contributed by atoms with E-state index in [1.54, 1.807) is 14.2 Å². The van der Waals surface area contributed by atoms with Crippen LogP contribution in [0.3, 0.4) is 0 Å². The highest BCUT2D eigenvalue weighted by molar-refractivity contribution is 5.25. The Labute approximate surface area is 84.8 Å². The van der Waals surface area contributed by atoms with Crippen LogP contribution in [0.4, 0.5) is 0 Å². The van der Waals surface area contributed by atoms with Gasteiger partial charge >= 0.3 is 0 Å². The quantitative estimate of drug-likeness (QED) is 0.774. The van der Waals surface area contributed by atoms with Crippen LogP contribution in [-0.4, -0.2) is 20.8 Å². The Morgan fingerprint density at radius 3 is 2.71 bits per heavy atom. The molecule has 1 unspecified atom stereocenters. The van der Waals surface area contributed by atoms with Gasteiger partial charge in [0.05, 0.1) is 12.7 Å². The van der Waals surface area contributed by atoms with Crippen LogP contribution in [0.2, 0.25) is 0 Å². The highest BCUT2D eigenvalue weighted by atomic mass is 16.5. The highest BCUT2D eigenvalue weighted by Gasteiger charge is 2.07. The molecular formula is C11H17NO2. The molecule has 0 amide bonds. The minimum atomic E-state index is -0.0215. The predicted octanol–water partition coefficient (Wildman–Crippen LogP) is 1.48. The van der Waals surface area contributed by atoms with Crippen molar-refractivity contribution in [3.63, 3.8) is 0 Å². The molecule has 0 bridgehead atoms. The second-order valence-electron chi connectivity index (χ2n) is 3.14. The second-order valence-corrected chi connectivity index (χ2v) is 3.14. The summed E-state index contributed by atoms with van der Waals surface area (Å²) >= 11 is 0. The van der Waals surface area contributed by atoms with Crippen molar-refractivity contribution < 1.29 is 9.47 Å². The van der Waals surface area contributed by atoms with E-state index in [0.29, 0.717) is 13.2 Å². The maximum absolute atomic E-state index is 5.58. The van der Waals surface area contributed by atoms with Gasteiger partial charge in [-0.05, 0) is 11.1 Å². The summed E-state index contributed by atoms with van der Waals surface area (Å²) in [6.45, 7) is 1.11. The Hall–Kier alpha value is -0.900. The lowest BCUT2D eigenvalue weighted by Gasteiger charge is -2.14. The third-order valence-electron chi connectivity index (χ3n) is 2.13. The fourth-order valence-electron chi connectivity index (χ4n) is 1.42. The van der Waals surface area contributed by atoms with Gasteiger partial charge in [-0.1, -0.05) is 24.3 Å². The number of hydrogen-bond acceptors (Lipinski definition) is 3. The summed E-state index contributed by atoms with van der Waals surface area (Å²) < 4.78 is 10.3. The summed E-state index contributed by atoms with van der Waals surface area (Å²) in [5, 5.41) is 0. The van der Waals surface area contributed by atoms with E-state index >= 15 is 0 Å². The molecule has 2 N–H and O–H groups in total. The SMILES string of the molecule is COCc1cccc(C(CN)OC)c1. The van der Waals surface area contributed by atoms with E-state index in [-0.39, 0.29) is 6.10 Å². The fraction of sp³-hybridized carbons (Fsp3) is 0.455. The van der Waals surface area contributed by atoms with Crippen molar-refractivity contribution in [2.24, 2.45) is 5.73 Å². The topological polar surface area (TPSA) is 44.5 Å². The highest BCUT2D eigenvalue weighted by Crippen LogP contribution is 2.16. The molecule has 1 aromatic rings. The lowest BCUT2D eigenvalue weighted by atomic mass is 10.1. The minimum Gasteiger partial charge on any atom is -0.380 e. The van der Waals surface area contributed by atoms with E-state index in [4.69, 9.17) is 15.2 Å². The van der Waals surface area contributed by atoms with Crippen LogP contribution in [0, 0.1) is 0 Å². The third-order valence-corrected chi connectivity index (χ3v) is 2.13. The number of hydrogen-bond donors (Lipinski definition) is 1. The van der Waals surface area contributed by atoms with Gasteiger partial charge in [-0.2, -0.15) is 0 Å². The first kappa shape index (κ1) is 11.2. The molecule has 3 nitrogen and oxygen atoms in total. The average Bonchev–Trinajstić information content (AvgIpc) is 2.21. The van der Waals surface area contributed by atoms with E-state index in [9.17, 15) is 0 Å². The molecule has 0 fully saturated rings. The Morgan fingerprint density at radius 1 is 1.36 bits per heavy atom. The Morgan fingerprint density at radius 2 is 2.14 bits per heavy atom. The van der Waals surface area contributed by atoms with Crippen LogP contribution in [0.15, 0.2) is 24.3 Å². The normalized spacial score (nSPS) is 12.8. The molecule has 0 spiro atoms. The van der Waals surface area contributed by atoms with Crippen molar-refractivity contribution in [2.45, 2.75) is 12.7 Å². The largest absolute Gasteiger partial charge is 0.380 e. The van der Waals surface area contributed by atoms with E-state index in [1.165, 1.54) is 0 Å². The number of benzene rings is 1. The lowest BCUT2D eigenvalue weighted by Crippen LogP contribution is -2.14. The van der Waals surface area contributed by atoms with Gasteiger partial charge in [-0.3, -0.25) is 0 Å². The van der Waals surface area contributed by atoms with Crippen LogP contribution < -0.4 is 5.73 Å². The van der Waals surface area contributed by atoms with Gasteiger partial charge < -0.3 is 15.2 Å². The predicted molar refractivity (Wildman–Crippen MR) is 56.0 cm³/mol. The van der Waals surface area contributed by atoms with Crippen molar-refractivity contribution in [1.82, 2.24) is 0 Å². The summed E-state index contributed by atoms with van der Waals surface area (Å²) in [6, 6.07) is 8.09. The van der Waals surface area contributed by atoms with Crippen molar-refractivity contribution in [2.75, 3.05) is 20.8 Å². The number of nitrogens with two attached hydrogens (primary N) is 1. The Bertz CT molecular complexity index is 272. The molecule has 78 valence electrons. The van der Waals surface area contributed by atoms with Crippen LogP contribution in [0.5, 0.6) is 0 Å². The van der Waals surface area contributed by atoms with Gasteiger partial charge in [0.2, 0.25) is 0 Å². The molecule has 0 radical (unpaired) electrons. The number of rotatable bonds is 5. The summed E-state index contributed by atoms with van der Waals surface area (Å²) in [5.41, 5.74) is 7.82. The van der Waals surface area contributed by atoms with E-state index < -0.39 is 0 Å². The Balaban J connectivity index is 2.81. The van der Waals surface area contributed by atoms with Crippen molar-refractivity contribution >= 4 is 0 Å². The molecule has 0 aliphatic carbocycles. The van der Waals surface area contributed by atoms with Crippen molar-refractivity contribution in [3.8, 4) is 0 Å². The molecule has 1 atom stereocenters. The molecule has 14 heavy (non-hydrogen) atoms. The number of ether oxygens (including phenoxy) is 2. The molecule has 0 aliphatic rings. The van der Waals surface area contributed by atoms with Gasteiger partial charge in [-0.15, -0.1) is 0 Å². The zero-order valence-corrected chi connectivity index (χ0v) is 8.69. The minimum absolute atomic E-state index is 0.0215. The first-order chi connectivity index (χ1) is 6.81. The third kappa shape index (κ3) is 2.80. The molecular weight excluding hydrogens is 178 g/mol. The van der Waals surface area contributed by atoms with Crippen molar-refractivity contribution in [1.29, 1.82) is 0 Å². The van der Waals surface area contributed by atoms with Crippen LogP contribution in [0.25, 0.3) is 0 Å². The molecule has 1 aromatic carbocycles. The van der Waals surface area contributed by atoms with Gasteiger partial charge in [-0.25, -0.2) is 0 Å². The van der Waals surface area contributed by atoms with Gasteiger partial charge in [0.1, 0.15) is 0 Å². The molecule has 0 aromatic heterocycles. The van der Waals surface area contributed by atoms with E-state index in [0.717, 1.165) is 11.1 Å². The smallest absolute Gasteiger partial charge is 0.0943 e.